The van der Waals surface area contributed by atoms with Crippen LogP contribution in [-0.2, 0) is 24.4 Å². The Morgan fingerprint density at radius 2 is 1.28 bits per heavy atom. The molecular formula is C22H15Cl2Hf. The van der Waals surface area contributed by atoms with Gasteiger partial charge in [-0.25, -0.2) is 0 Å². The van der Waals surface area contributed by atoms with Crippen molar-refractivity contribution in [3.63, 3.8) is 0 Å². The van der Waals surface area contributed by atoms with E-state index in [1.54, 1.807) is 5.56 Å². The summed E-state index contributed by atoms with van der Waals surface area (Å²) in [5.41, 5.74) is 10.3. The van der Waals surface area contributed by atoms with Crippen molar-refractivity contribution in [3.8, 4) is 11.1 Å². The average Bonchev–Trinajstić information content (AvgIpc) is 3.16. The second kappa shape index (κ2) is 7.23. The van der Waals surface area contributed by atoms with E-state index in [1.807, 2.05) is 0 Å². The summed E-state index contributed by atoms with van der Waals surface area (Å²) < 4.78 is 0.610. The van der Waals surface area contributed by atoms with Crippen LogP contribution in [0.25, 0.3) is 17.2 Å². The van der Waals surface area contributed by atoms with E-state index in [1.165, 1.54) is 33.4 Å². The van der Waals surface area contributed by atoms with Crippen LogP contribution in [0.3, 0.4) is 0 Å². The fourth-order valence-electron chi connectivity index (χ4n) is 4.08. The third kappa shape index (κ3) is 2.77. The van der Waals surface area contributed by atoms with E-state index in [-0.39, 0.29) is 24.8 Å². The molecule has 3 aromatic rings. The molecule has 0 nitrogen and oxygen atoms in total. The van der Waals surface area contributed by atoms with Gasteiger partial charge in [0.25, 0.3) is 0 Å². The van der Waals surface area contributed by atoms with Crippen molar-refractivity contribution in [3.05, 3.63) is 101 Å². The third-order valence-corrected chi connectivity index (χ3v) is 7.28. The van der Waals surface area contributed by atoms with Gasteiger partial charge in [0, 0.05) is 0 Å². The Labute approximate surface area is 175 Å². The van der Waals surface area contributed by atoms with Crippen molar-refractivity contribution < 1.29 is 49.2 Å². The zero-order valence-electron chi connectivity index (χ0n) is 13.4. The van der Waals surface area contributed by atoms with Crippen LogP contribution < -0.4 is 24.8 Å². The summed E-state index contributed by atoms with van der Waals surface area (Å²) in [4.78, 5) is 0. The van der Waals surface area contributed by atoms with Crippen molar-refractivity contribution in [2.45, 2.75) is 9.59 Å². The Balaban J connectivity index is 0.000000911. The van der Waals surface area contributed by atoms with Gasteiger partial charge in [-0.1, -0.05) is 0 Å². The van der Waals surface area contributed by atoms with Gasteiger partial charge in [-0.05, 0) is 0 Å². The van der Waals surface area contributed by atoms with Crippen molar-refractivity contribution in [1.82, 2.24) is 0 Å². The topological polar surface area (TPSA) is 0 Å². The van der Waals surface area contributed by atoms with Crippen molar-refractivity contribution in [2.24, 2.45) is 0 Å². The van der Waals surface area contributed by atoms with Crippen LogP contribution in [0.2, 0.25) is 0 Å². The summed E-state index contributed by atoms with van der Waals surface area (Å²) in [6.45, 7) is 0. The average molecular weight is 529 g/mol. The van der Waals surface area contributed by atoms with Gasteiger partial charge < -0.3 is 24.8 Å². The molecule has 2 aliphatic carbocycles. The van der Waals surface area contributed by atoms with Crippen LogP contribution in [-0.4, -0.2) is 0 Å². The molecule has 0 saturated carbocycles. The quantitative estimate of drug-likeness (QED) is 0.373. The standard InChI is InChI=1S/C22H15.2ClH.Hf/c1-3-8-17-15(6-1)12-13-21(17)20-11-5-10-19-18-9-4-2-7-16(18)14-22(19)20;;;/h1-14,21H;2*1H;/q;;;+2/p-2. The van der Waals surface area contributed by atoms with Gasteiger partial charge in [0.1, 0.15) is 0 Å². The SMILES string of the molecule is [Cl-].[Cl-].[Hf+2][CH]1c2ccccc2-c2cccc(C3C=Cc4ccccc43)c21. The predicted molar refractivity (Wildman–Crippen MR) is 91.0 cm³/mol. The van der Waals surface area contributed by atoms with E-state index in [0.717, 1.165) is 24.4 Å². The van der Waals surface area contributed by atoms with Crippen LogP contribution >= 0.6 is 0 Å². The first-order chi connectivity index (χ1) is 11.3. The molecule has 0 spiro atoms. The molecule has 2 atom stereocenters. The molecule has 3 aromatic carbocycles. The van der Waals surface area contributed by atoms with Crippen LogP contribution in [0.15, 0.2) is 72.8 Å². The minimum atomic E-state index is 0. The molecule has 25 heavy (non-hydrogen) atoms. The maximum absolute atomic E-state index is 2.37. The van der Waals surface area contributed by atoms with Gasteiger partial charge in [0.15, 0.2) is 0 Å². The number of halogens is 2. The minimum absolute atomic E-state index is 0. The first-order valence-electron chi connectivity index (χ1n) is 8.05. The predicted octanol–water partition coefficient (Wildman–Crippen LogP) is -0.530. The van der Waals surface area contributed by atoms with Crippen LogP contribution in [0, 0.1) is 0 Å². The summed E-state index contributed by atoms with van der Waals surface area (Å²) in [5.74, 6) is 0.409. The summed E-state index contributed by atoms with van der Waals surface area (Å²) in [6, 6.07) is 24.6. The number of hydrogen-bond donors (Lipinski definition) is 0. The molecule has 0 bridgehead atoms. The molecule has 121 valence electrons. The molecule has 0 fully saturated rings. The fourth-order valence-corrected chi connectivity index (χ4v) is 6.14. The number of benzene rings is 3. The summed E-state index contributed by atoms with van der Waals surface area (Å²) >= 11 is 1.16. The molecule has 5 rings (SSSR count). The molecule has 0 radical (unpaired) electrons. The van der Waals surface area contributed by atoms with Crippen LogP contribution in [0.5, 0.6) is 0 Å². The number of allylic oxidation sites excluding steroid dienone is 1. The summed E-state index contributed by atoms with van der Waals surface area (Å²) in [7, 11) is 0. The molecule has 3 heteroatoms. The summed E-state index contributed by atoms with van der Waals surface area (Å²) in [6.07, 6.45) is 4.65. The monoisotopic (exact) mass is 529 g/mol. The number of fused-ring (bicyclic) bond motifs is 4. The third-order valence-electron chi connectivity index (χ3n) is 5.12. The Morgan fingerprint density at radius 1 is 0.640 bits per heavy atom. The first kappa shape index (κ1) is 18.6. The van der Waals surface area contributed by atoms with Crippen molar-refractivity contribution in [1.29, 1.82) is 0 Å². The van der Waals surface area contributed by atoms with E-state index in [2.05, 4.69) is 78.9 Å². The molecule has 0 amide bonds. The fraction of sp³-hybridized carbons (Fsp3) is 0.0909. The Hall–Kier alpha value is -1.15. The summed E-state index contributed by atoms with van der Waals surface area (Å²) in [5, 5.41) is 0. The van der Waals surface area contributed by atoms with Gasteiger partial charge in [-0.2, -0.15) is 0 Å². The second-order valence-corrected chi connectivity index (χ2v) is 8.37. The zero-order valence-corrected chi connectivity index (χ0v) is 18.5. The second-order valence-electron chi connectivity index (χ2n) is 6.29. The molecule has 0 aliphatic heterocycles. The Bertz CT molecular complexity index is 962. The Morgan fingerprint density at radius 3 is 2.12 bits per heavy atom. The Kier molecular flexibility index (Phi) is 5.39. The van der Waals surface area contributed by atoms with Crippen LogP contribution in [0.1, 0.15) is 37.4 Å². The van der Waals surface area contributed by atoms with E-state index in [4.69, 9.17) is 0 Å². The molecule has 2 unspecified atom stereocenters. The van der Waals surface area contributed by atoms with Gasteiger partial charge in [0.2, 0.25) is 0 Å². The van der Waals surface area contributed by atoms with Crippen LogP contribution in [0.4, 0.5) is 0 Å². The van der Waals surface area contributed by atoms with E-state index < -0.39 is 0 Å². The van der Waals surface area contributed by atoms with Crippen molar-refractivity contribution >= 4 is 6.08 Å². The van der Waals surface area contributed by atoms with Gasteiger partial charge in [0.05, 0.1) is 0 Å². The molecule has 0 N–H and O–H groups in total. The van der Waals surface area contributed by atoms with Gasteiger partial charge in [-0.3, -0.25) is 0 Å². The number of hydrogen-bond acceptors (Lipinski definition) is 0. The molecule has 0 saturated heterocycles. The molecular weight excluding hydrogens is 514 g/mol. The van der Waals surface area contributed by atoms with Crippen molar-refractivity contribution in [2.75, 3.05) is 0 Å². The molecule has 2 aliphatic rings. The zero-order chi connectivity index (χ0) is 15.4. The number of rotatable bonds is 1. The van der Waals surface area contributed by atoms with Gasteiger partial charge >= 0.3 is 152 Å². The van der Waals surface area contributed by atoms with Gasteiger partial charge in [-0.15, -0.1) is 0 Å². The van der Waals surface area contributed by atoms with E-state index in [0.29, 0.717) is 9.59 Å². The normalized spacial score (nSPS) is 18.6. The maximum atomic E-state index is 2.37. The molecule has 0 aromatic heterocycles. The van der Waals surface area contributed by atoms with E-state index >= 15 is 0 Å². The van der Waals surface area contributed by atoms with E-state index in [9.17, 15) is 0 Å². The first-order valence-corrected chi connectivity index (χ1v) is 10.1. The molecule has 0 heterocycles.